The summed E-state index contributed by atoms with van der Waals surface area (Å²) < 4.78 is 22.0. The second-order valence-electron chi connectivity index (χ2n) is 5.89. The SMILES string of the molecule is CC(=O)O[C@@H]1[C@@H](CC(=O)O)[C@H](C)OC(OCCCCBr)[C@@H]1OC(C)=O. The zero-order valence-electron chi connectivity index (χ0n) is 14.6. The smallest absolute Gasteiger partial charge is 0.303 e. The van der Waals surface area contributed by atoms with Crippen LogP contribution in [0.3, 0.4) is 0 Å². The highest BCUT2D eigenvalue weighted by Gasteiger charge is 2.49. The maximum Gasteiger partial charge on any atom is 0.303 e. The average molecular weight is 425 g/mol. The molecule has 1 fully saturated rings. The average Bonchev–Trinajstić information content (AvgIpc) is 2.49. The first kappa shape index (κ1) is 21.9. The Bertz CT molecular complexity index is 469. The zero-order valence-corrected chi connectivity index (χ0v) is 16.2. The largest absolute Gasteiger partial charge is 0.481 e. The number of carboxylic acid groups (broad SMARTS) is 1. The van der Waals surface area contributed by atoms with Crippen molar-refractivity contribution in [2.75, 3.05) is 11.9 Å². The van der Waals surface area contributed by atoms with Crippen molar-refractivity contribution in [2.45, 2.75) is 64.6 Å². The maximum absolute atomic E-state index is 11.5. The minimum Gasteiger partial charge on any atom is -0.481 e. The van der Waals surface area contributed by atoms with Crippen molar-refractivity contribution in [3.63, 3.8) is 0 Å². The van der Waals surface area contributed by atoms with Crippen LogP contribution in [0.2, 0.25) is 0 Å². The maximum atomic E-state index is 11.5. The van der Waals surface area contributed by atoms with Crippen LogP contribution in [0.15, 0.2) is 0 Å². The lowest BCUT2D eigenvalue weighted by Gasteiger charge is -2.43. The van der Waals surface area contributed by atoms with Gasteiger partial charge in [-0.15, -0.1) is 0 Å². The molecule has 1 N–H and O–H groups in total. The number of carboxylic acids is 1. The van der Waals surface area contributed by atoms with E-state index in [1.807, 2.05) is 0 Å². The summed E-state index contributed by atoms with van der Waals surface area (Å²) in [4.78, 5) is 34.1. The van der Waals surface area contributed by atoms with Crippen LogP contribution in [0.4, 0.5) is 0 Å². The second-order valence-corrected chi connectivity index (χ2v) is 6.68. The molecule has 144 valence electrons. The molecule has 0 aliphatic carbocycles. The number of carbonyl (C=O) groups is 3. The predicted molar refractivity (Wildman–Crippen MR) is 90.2 cm³/mol. The first-order valence-electron chi connectivity index (χ1n) is 8.15. The Morgan fingerprint density at radius 1 is 1.08 bits per heavy atom. The van der Waals surface area contributed by atoms with Crippen LogP contribution in [0.5, 0.6) is 0 Å². The molecule has 0 bridgehead atoms. The topological polar surface area (TPSA) is 108 Å². The van der Waals surface area contributed by atoms with E-state index < -0.39 is 48.4 Å². The predicted octanol–water partition coefficient (Wildman–Crippen LogP) is 1.88. The van der Waals surface area contributed by atoms with Crippen LogP contribution in [0, 0.1) is 5.92 Å². The van der Waals surface area contributed by atoms with Crippen LogP contribution < -0.4 is 0 Å². The van der Waals surface area contributed by atoms with Crippen molar-refractivity contribution in [1.29, 1.82) is 0 Å². The van der Waals surface area contributed by atoms with Crippen LogP contribution >= 0.6 is 15.9 Å². The molecule has 0 aromatic heterocycles. The van der Waals surface area contributed by atoms with Crippen LogP contribution in [0.1, 0.15) is 40.0 Å². The van der Waals surface area contributed by atoms with E-state index in [2.05, 4.69) is 15.9 Å². The molecule has 1 saturated heterocycles. The van der Waals surface area contributed by atoms with Crippen LogP contribution in [-0.4, -0.2) is 59.6 Å². The summed E-state index contributed by atoms with van der Waals surface area (Å²) in [5.74, 6) is -2.91. The van der Waals surface area contributed by atoms with E-state index in [0.29, 0.717) is 6.61 Å². The summed E-state index contributed by atoms with van der Waals surface area (Å²) in [5, 5.41) is 9.97. The van der Waals surface area contributed by atoms with Gasteiger partial charge in [0.15, 0.2) is 12.4 Å². The highest BCUT2D eigenvalue weighted by molar-refractivity contribution is 9.09. The minimum atomic E-state index is -1.06. The highest BCUT2D eigenvalue weighted by atomic mass is 79.9. The molecular formula is C16H25BrO8. The fraction of sp³-hybridized carbons (Fsp3) is 0.812. The van der Waals surface area contributed by atoms with Crippen molar-refractivity contribution < 1.29 is 38.4 Å². The van der Waals surface area contributed by atoms with Crippen molar-refractivity contribution in [2.24, 2.45) is 5.92 Å². The van der Waals surface area contributed by atoms with Crippen molar-refractivity contribution in [3.8, 4) is 0 Å². The van der Waals surface area contributed by atoms with Gasteiger partial charge in [0.1, 0.15) is 6.10 Å². The van der Waals surface area contributed by atoms with Crippen molar-refractivity contribution in [3.05, 3.63) is 0 Å². The lowest BCUT2D eigenvalue weighted by molar-refractivity contribution is -0.289. The molecule has 0 aromatic rings. The molecule has 5 atom stereocenters. The van der Waals surface area contributed by atoms with Crippen molar-refractivity contribution >= 4 is 33.8 Å². The molecule has 0 spiro atoms. The van der Waals surface area contributed by atoms with E-state index >= 15 is 0 Å². The van der Waals surface area contributed by atoms with Gasteiger partial charge >= 0.3 is 17.9 Å². The number of halogens is 1. The summed E-state index contributed by atoms with van der Waals surface area (Å²) in [6.45, 7) is 4.49. The number of aliphatic carboxylic acids is 1. The summed E-state index contributed by atoms with van der Waals surface area (Å²) in [6.07, 6.45) is -2.07. The Kier molecular flexibility index (Phi) is 9.37. The quantitative estimate of drug-likeness (QED) is 0.339. The van der Waals surface area contributed by atoms with Gasteiger partial charge in [-0.3, -0.25) is 14.4 Å². The summed E-state index contributed by atoms with van der Waals surface area (Å²) in [5.41, 5.74) is 0. The monoisotopic (exact) mass is 424 g/mol. The van der Waals surface area contributed by atoms with E-state index in [1.165, 1.54) is 13.8 Å². The second kappa shape index (κ2) is 10.7. The van der Waals surface area contributed by atoms with E-state index in [9.17, 15) is 14.4 Å². The Labute approximate surface area is 155 Å². The van der Waals surface area contributed by atoms with Gasteiger partial charge in [-0.2, -0.15) is 0 Å². The molecule has 1 rings (SSSR count). The van der Waals surface area contributed by atoms with Crippen molar-refractivity contribution in [1.82, 2.24) is 0 Å². The third-order valence-corrected chi connectivity index (χ3v) is 4.35. The lowest BCUT2D eigenvalue weighted by Crippen LogP contribution is -2.57. The fourth-order valence-corrected chi connectivity index (χ4v) is 3.13. The number of unbranched alkanes of at least 4 members (excludes halogenated alkanes) is 1. The fourth-order valence-electron chi connectivity index (χ4n) is 2.73. The summed E-state index contributed by atoms with van der Waals surface area (Å²) >= 11 is 3.33. The number of hydrogen-bond donors (Lipinski definition) is 1. The molecule has 0 radical (unpaired) electrons. The summed E-state index contributed by atoms with van der Waals surface area (Å²) in [7, 11) is 0. The van der Waals surface area contributed by atoms with Gasteiger partial charge in [-0.05, 0) is 19.8 Å². The van der Waals surface area contributed by atoms with E-state index in [4.69, 9.17) is 24.1 Å². The standard InChI is InChI=1S/C16H25BrO8/c1-9-12(8-13(20)21)14(24-10(2)18)15(25-11(3)19)16(23-9)22-7-5-4-6-17/h9,12,14-16H,4-8H2,1-3H3,(H,20,21)/t9-,12-,14+,15+,16?/m0/s1. The molecule has 1 heterocycles. The molecule has 0 saturated carbocycles. The summed E-state index contributed by atoms with van der Waals surface area (Å²) in [6, 6.07) is 0. The first-order valence-corrected chi connectivity index (χ1v) is 9.27. The lowest BCUT2D eigenvalue weighted by atomic mass is 9.86. The molecule has 8 nitrogen and oxygen atoms in total. The number of alkyl halides is 1. The molecular weight excluding hydrogens is 400 g/mol. The number of ether oxygens (including phenoxy) is 4. The van der Waals surface area contributed by atoms with Crippen LogP contribution in [0.25, 0.3) is 0 Å². The third-order valence-electron chi connectivity index (χ3n) is 3.79. The molecule has 0 aromatic carbocycles. The number of carbonyl (C=O) groups excluding carboxylic acids is 2. The Hall–Kier alpha value is -1.19. The molecule has 1 unspecified atom stereocenters. The molecule has 25 heavy (non-hydrogen) atoms. The minimum absolute atomic E-state index is 0.285. The molecule has 1 aliphatic heterocycles. The van der Waals surface area contributed by atoms with Gasteiger partial charge in [0, 0.05) is 31.7 Å². The van der Waals surface area contributed by atoms with E-state index in [1.54, 1.807) is 6.92 Å². The Morgan fingerprint density at radius 3 is 2.20 bits per heavy atom. The first-order chi connectivity index (χ1) is 11.8. The third kappa shape index (κ3) is 7.29. The highest BCUT2D eigenvalue weighted by Crippen LogP contribution is 2.33. The molecule has 0 amide bonds. The zero-order chi connectivity index (χ0) is 19.0. The van der Waals surface area contributed by atoms with Gasteiger partial charge < -0.3 is 24.1 Å². The number of rotatable bonds is 9. The van der Waals surface area contributed by atoms with Gasteiger partial charge in [-0.1, -0.05) is 15.9 Å². The Balaban J connectivity index is 2.99. The number of hydrogen-bond acceptors (Lipinski definition) is 7. The normalized spacial score (nSPS) is 29.0. The van der Waals surface area contributed by atoms with Gasteiger partial charge in [-0.25, -0.2) is 0 Å². The van der Waals surface area contributed by atoms with Crippen LogP contribution in [-0.2, 0) is 33.3 Å². The van der Waals surface area contributed by atoms with E-state index in [0.717, 1.165) is 18.2 Å². The number of esters is 2. The van der Waals surface area contributed by atoms with E-state index in [-0.39, 0.29) is 6.42 Å². The van der Waals surface area contributed by atoms with Gasteiger partial charge in [0.25, 0.3) is 0 Å². The molecule has 9 heteroatoms. The van der Waals surface area contributed by atoms with Gasteiger partial charge in [0.05, 0.1) is 12.5 Å². The molecule has 1 aliphatic rings. The Morgan fingerprint density at radius 2 is 1.68 bits per heavy atom. The van der Waals surface area contributed by atoms with Gasteiger partial charge in [0.2, 0.25) is 0 Å².